The van der Waals surface area contributed by atoms with E-state index >= 15 is 0 Å². The molecular formula is C14H20ClN3S. The number of hydrogen-bond acceptors (Lipinski definition) is 3. The molecule has 0 bridgehead atoms. The Kier molecular flexibility index (Phi) is 5.02. The van der Waals surface area contributed by atoms with Crippen LogP contribution in [-0.2, 0) is 0 Å². The number of nitrogens with zero attached hydrogens (tertiary/aromatic N) is 2. The van der Waals surface area contributed by atoms with E-state index in [2.05, 4.69) is 16.7 Å². The molecule has 0 spiro atoms. The highest BCUT2D eigenvalue weighted by molar-refractivity contribution is 7.80. The molecule has 1 aromatic carbocycles. The summed E-state index contributed by atoms with van der Waals surface area (Å²) < 4.78 is 0. The van der Waals surface area contributed by atoms with E-state index in [4.69, 9.17) is 29.6 Å². The number of rotatable bonds is 4. The molecule has 2 N–H and O–H groups in total. The number of halogens is 1. The second kappa shape index (κ2) is 6.55. The van der Waals surface area contributed by atoms with Gasteiger partial charge in [0.2, 0.25) is 0 Å². The van der Waals surface area contributed by atoms with Gasteiger partial charge in [0.25, 0.3) is 0 Å². The first-order chi connectivity index (χ1) is 9.11. The summed E-state index contributed by atoms with van der Waals surface area (Å²) in [6, 6.07) is 5.78. The van der Waals surface area contributed by atoms with Crippen molar-refractivity contribution in [2.45, 2.75) is 13.3 Å². The summed E-state index contributed by atoms with van der Waals surface area (Å²) in [6.45, 7) is 7.60. The van der Waals surface area contributed by atoms with E-state index in [1.54, 1.807) is 0 Å². The van der Waals surface area contributed by atoms with Crippen molar-refractivity contribution in [2.75, 3.05) is 37.6 Å². The number of anilines is 1. The van der Waals surface area contributed by atoms with Gasteiger partial charge in [0, 0.05) is 42.5 Å². The topological polar surface area (TPSA) is 32.5 Å². The molecule has 2 rings (SSSR count). The van der Waals surface area contributed by atoms with Gasteiger partial charge in [-0.25, -0.2) is 0 Å². The summed E-state index contributed by atoms with van der Waals surface area (Å²) in [6.07, 6.45) is 1.21. The highest BCUT2D eigenvalue weighted by Gasteiger charge is 2.19. The zero-order valence-corrected chi connectivity index (χ0v) is 12.8. The summed E-state index contributed by atoms with van der Waals surface area (Å²) in [4.78, 5) is 5.25. The summed E-state index contributed by atoms with van der Waals surface area (Å²) in [5.41, 5.74) is 7.79. The number of benzene rings is 1. The lowest BCUT2D eigenvalue weighted by atomic mass is 10.1. The maximum atomic E-state index is 6.02. The summed E-state index contributed by atoms with van der Waals surface area (Å²) >= 11 is 11.1. The van der Waals surface area contributed by atoms with Crippen LogP contribution in [0.1, 0.15) is 18.9 Å². The van der Waals surface area contributed by atoms with Crippen LogP contribution < -0.4 is 10.6 Å². The summed E-state index contributed by atoms with van der Waals surface area (Å²) in [5.74, 6) is 0. The third kappa shape index (κ3) is 3.59. The molecule has 0 atom stereocenters. The average molecular weight is 298 g/mol. The van der Waals surface area contributed by atoms with Crippen molar-refractivity contribution < 1.29 is 0 Å². The minimum atomic E-state index is 0.411. The van der Waals surface area contributed by atoms with Crippen LogP contribution in [0.3, 0.4) is 0 Å². The lowest BCUT2D eigenvalue weighted by Crippen LogP contribution is -2.47. The van der Waals surface area contributed by atoms with Gasteiger partial charge >= 0.3 is 0 Å². The molecule has 19 heavy (non-hydrogen) atoms. The van der Waals surface area contributed by atoms with Crippen molar-refractivity contribution in [1.82, 2.24) is 4.90 Å². The Hall–Kier alpha value is -0.840. The number of piperazine rings is 1. The molecule has 3 nitrogen and oxygen atoms in total. The normalized spacial score (nSPS) is 16.6. The second-order valence-electron chi connectivity index (χ2n) is 4.85. The molecule has 0 saturated carbocycles. The van der Waals surface area contributed by atoms with Gasteiger partial charge in [-0.15, -0.1) is 0 Å². The lowest BCUT2D eigenvalue weighted by molar-refractivity contribution is 0.258. The standard InChI is InChI=1S/C14H20ClN3S/c1-2-5-17-6-8-18(9-7-17)13-4-3-11(15)10-12(13)14(16)19/h3-4,10H,2,5-9H2,1H3,(H2,16,19). The predicted molar refractivity (Wildman–Crippen MR) is 86.3 cm³/mol. The maximum Gasteiger partial charge on any atom is 0.106 e. The molecule has 0 radical (unpaired) electrons. The van der Waals surface area contributed by atoms with E-state index in [-0.39, 0.29) is 0 Å². The fraction of sp³-hybridized carbons (Fsp3) is 0.500. The molecule has 1 fully saturated rings. The predicted octanol–water partition coefficient (Wildman–Crippen LogP) is 2.51. The van der Waals surface area contributed by atoms with Gasteiger partial charge in [0.15, 0.2) is 0 Å². The van der Waals surface area contributed by atoms with Crippen molar-refractivity contribution in [1.29, 1.82) is 0 Å². The van der Waals surface area contributed by atoms with E-state index in [0.717, 1.165) is 37.4 Å². The minimum absolute atomic E-state index is 0.411. The van der Waals surface area contributed by atoms with Crippen LogP contribution in [0.15, 0.2) is 18.2 Å². The molecule has 1 saturated heterocycles. The summed E-state index contributed by atoms with van der Waals surface area (Å²) in [7, 11) is 0. The quantitative estimate of drug-likeness (QED) is 0.866. The van der Waals surface area contributed by atoms with Crippen molar-refractivity contribution in [3.8, 4) is 0 Å². The molecule has 5 heteroatoms. The van der Waals surface area contributed by atoms with E-state index in [9.17, 15) is 0 Å². The number of hydrogen-bond donors (Lipinski definition) is 1. The molecule has 1 aliphatic rings. The molecule has 0 aliphatic carbocycles. The van der Waals surface area contributed by atoms with Crippen LogP contribution in [0, 0.1) is 0 Å². The molecule has 0 amide bonds. The third-order valence-corrected chi connectivity index (χ3v) is 3.93. The van der Waals surface area contributed by atoms with Crippen LogP contribution in [0.2, 0.25) is 5.02 Å². The van der Waals surface area contributed by atoms with Gasteiger partial charge in [-0.05, 0) is 31.2 Å². The van der Waals surface area contributed by atoms with Crippen LogP contribution in [0.4, 0.5) is 5.69 Å². The molecule has 0 unspecified atom stereocenters. The maximum absolute atomic E-state index is 6.02. The molecule has 1 aromatic rings. The fourth-order valence-corrected chi connectivity index (χ4v) is 2.85. The van der Waals surface area contributed by atoms with Gasteiger partial charge in [-0.2, -0.15) is 0 Å². The highest BCUT2D eigenvalue weighted by Crippen LogP contribution is 2.25. The van der Waals surface area contributed by atoms with Crippen molar-refractivity contribution >= 4 is 34.5 Å². The van der Waals surface area contributed by atoms with Crippen LogP contribution in [-0.4, -0.2) is 42.6 Å². The first-order valence-electron chi connectivity index (χ1n) is 6.68. The Balaban J connectivity index is 2.13. The number of nitrogens with two attached hydrogens (primary N) is 1. The first-order valence-corrected chi connectivity index (χ1v) is 7.47. The molecule has 1 aliphatic heterocycles. The highest BCUT2D eigenvalue weighted by atomic mass is 35.5. The lowest BCUT2D eigenvalue weighted by Gasteiger charge is -2.36. The Bertz CT molecular complexity index is 456. The second-order valence-corrected chi connectivity index (χ2v) is 5.73. The van der Waals surface area contributed by atoms with Crippen molar-refractivity contribution in [2.24, 2.45) is 5.73 Å². The largest absolute Gasteiger partial charge is 0.389 e. The van der Waals surface area contributed by atoms with E-state index in [1.807, 2.05) is 18.2 Å². The van der Waals surface area contributed by atoms with Crippen LogP contribution in [0.5, 0.6) is 0 Å². The third-order valence-electron chi connectivity index (χ3n) is 3.48. The van der Waals surface area contributed by atoms with Crippen LogP contribution in [0.25, 0.3) is 0 Å². The van der Waals surface area contributed by atoms with E-state index in [0.29, 0.717) is 10.0 Å². The molecular weight excluding hydrogens is 278 g/mol. The summed E-state index contributed by atoms with van der Waals surface area (Å²) in [5, 5.41) is 0.677. The van der Waals surface area contributed by atoms with Gasteiger partial charge in [-0.3, -0.25) is 4.90 Å². The van der Waals surface area contributed by atoms with E-state index in [1.165, 1.54) is 13.0 Å². The number of thiocarbonyl (C=S) groups is 1. The Morgan fingerprint density at radius 3 is 2.58 bits per heavy atom. The average Bonchev–Trinajstić information content (AvgIpc) is 2.40. The zero-order chi connectivity index (χ0) is 13.8. The van der Waals surface area contributed by atoms with Crippen molar-refractivity contribution in [3.05, 3.63) is 28.8 Å². The Morgan fingerprint density at radius 1 is 1.32 bits per heavy atom. The Labute approximate surface area is 125 Å². The van der Waals surface area contributed by atoms with E-state index < -0.39 is 0 Å². The fourth-order valence-electron chi connectivity index (χ4n) is 2.51. The van der Waals surface area contributed by atoms with Gasteiger partial charge < -0.3 is 10.6 Å². The minimum Gasteiger partial charge on any atom is -0.389 e. The molecule has 104 valence electrons. The van der Waals surface area contributed by atoms with Crippen molar-refractivity contribution in [3.63, 3.8) is 0 Å². The first kappa shape index (κ1) is 14.6. The van der Waals surface area contributed by atoms with Gasteiger partial charge in [-0.1, -0.05) is 30.7 Å². The SMILES string of the molecule is CCCN1CCN(c2ccc(Cl)cc2C(N)=S)CC1. The van der Waals surface area contributed by atoms with Gasteiger partial charge in [0.05, 0.1) is 0 Å². The smallest absolute Gasteiger partial charge is 0.106 e. The monoisotopic (exact) mass is 297 g/mol. The molecule has 1 heterocycles. The van der Waals surface area contributed by atoms with Crippen LogP contribution >= 0.6 is 23.8 Å². The van der Waals surface area contributed by atoms with Gasteiger partial charge in [0.1, 0.15) is 4.99 Å². The molecule has 0 aromatic heterocycles. The zero-order valence-electron chi connectivity index (χ0n) is 11.2. The Morgan fingerprint density at radius 2 is 2.00 bits per heavy atom.